The van der Waals surface area contributed by atoms with E-state index in [-0.39, 0.29) is 47.1 Å². The standard InChI is InChI=1S/C4H9O.Al.Li.3H/c1-4(2)3-5;;;;;/h4H,3H2,1-2H3;;;;;/q-1;+3;+1;3*-1. The van der Waals surface area contributed by atoms with Crippen molar-refractivity contribution in [2.24, 2.45) is 5.92 Å². The zero-order valence-corrected chi connectivity index (χ0v) is 6.42. The van der Waals surface area contributed by atoms with E-state index in [1.165, 1.54) is 0 Å². The quantitative estimate of drug-likeness (QED) is 0.329. The van der Waals surface area contributed by atoms with Crippen molar-refractivity contribution in [2.75, 3.05) is 6.61 Å². The largest absolute Gasteiger partial charge is 3.00 e. The van der Waals surface area contributed by atoms with Crippen LogP contribution in [0.25, 0.3) is 0 Å². The molecule has 0 aromatic heterocycles. The molecule has 1 nitrogen and oxygen atoms in total. The van der Waals surface area contributed by atoms with Crippen LogP contribution in [-0.2, 0) is 0 Å². The Kier molecular flexibility index (Phi) is 22.8. The second-order valence-corrected chi connectivity index (χ2v) is 1.56. The smallest absolute Gasteiger partial charge is 1.00 e. The fourth-order valence-corrected chi connectivity index (χ4v) is 0. The molecule has 0 aromatic carbocycles. The van der Waals surface area contributed by atoms with E-state index in [0.29, 0.717) is 5.92 Å². The Morgan fingerprint density at radius 1 is 1.57 bits per heavy atom. The van der Waals surface area contributed by atoms with E-state index in [0.717, 1.165) is 0 Å². The van der Waals surface area contributed by atoms with Crippen LogP contribution in [0.2, 0.25) is 0 Å². The van der Waals surface area contributed by atoms with Gasteiger partial charge < -0.3 is 9.39 Å². The molecule has 7 heavy (non-hydrogen) atoms. The Morgan fingerprint density at radius 2 is 1.71 bits per heavy atom. The molecule has 0 N–H and O–H groups in total. The summed E-state index contributed by atoms with van der Waals surface area (Å²) in [5, 5.41) is 9.63. The van der Waals surface area contributed by atoms with Gasteiger partial charge in [-0.05, 0) is 0 Å². The molecule has 0 bridgehead atoms. The van der Waals surface area contributed by atoms with Gasteiger partial charge in [0, 0.05) is 0 Å². The van der Waals surface area contributed by atoms with E-state index in [2.05, 4.69) is 0 Å². The summed E-state index contributed by atoms with van der Waals surface area (Å²) in [7, 11) is 0. The summed E-state index contributed by atoms with van der Waals surface area (Å²) >= 11 is 0. The molecule has 38 valence electrons. The minimum absolute atomic E-state index is 0. The van der Waals surface area contributed by atoms with Gasteiger partial charge >= 0.3 is 36.2 Å². The Balaban J connectivity index is -0.00000000800. The van der Waals surface area contributed by atoms with Crippen LogP contribution in [0, 0.1) is 5.92 Å². The van der Waals surface area contributed by atoms with Gasteiger partial charge in [0.05, 0.1) is 0 Å². The van der Waals surface area contributed by atoms with Gasteiger partial charge in [-0.15, -0.1) is 6.61 Å². The molecule has 0 rings (SSSR count). The van der Waals surface area contributed by atoms with Crippen LogP contribution in [0.3, 0.4) is 0 Å². The predicted octanol–water partition coefficient (Wildman–Crippen LogP) is -3.04. The van der Waals surface area contributed by atoms with Crippen LogP contribution in [0.1, 0.15) is 18.1 Å². The van der Waals surface area contributed by atoms with Crippen LogP contribution in [0.15, 0.2) is 0 Å². The third-order valence-electron chi connectivity index (χ3n) is 0.333. The van der Waals surface area contributed by atoms with E-state index in [9.17, 15) is 5.11 Å². The molecule has 0 aliphatic rings. The summed E-state index contributed by atoms with van der Waals surface area (Å²) in [6.45, 7) is 3.88. The maximum Gasteiger partial charge on any atom is 3.00 e. The van der Waals surface area contributed by atoms with Gasteiger partial charge in [-0.3, -0.25) is 0 Å². The third-order valence-corrected chi connectivity index (χ3v) is 0.333. The van der Waals surface area contributed by atoms with E-state index < -0.39 is 0 Å². The average Bonchev–Trinajstić information content (AvgIpc) is 1.38. The molecule has 0 amide bonds. The summed E-state index contributed by atoms with van der Waals surface area (Å²) in [4.78, 5) is 0. The summed E-state index contributed by atoms with van der Waals surface area (Å²) in [5.74, 6) is 0.329. The first-order valence-corrected chi connectivity index (χ1v) is 1.85. The summed E-state index contributed by atoms with van der Waals surface area (Å²) in [6, 6.07) is 0. The van der Waals surface area contributed by atoms with E-state index >= 15 is 0 Å². The number of hydrogen-bond acceptors (Lipinski definition) is 1. The average molecular weight is 110 g/mol. The summed E-state index contributed by atoms with van der Waals surface area (Å²) in [6.07, 6.45) is 0. The molecular formula is C4H12AlLiO. The summed E-state index contributed by atoms with van der Waals surface area (Å²) < 4.78 is 0. The van der Waals surface area contributed by atoms with Crippen molar-refractivity contribution in [2.45, 2.75) is 13.8 Å². The van der Waals surface area contributed by atoms with Gasteiger partial charge in [0.25, 0.3) is 0 Å². The van der Waals surface area contributed by atoms with Crippen molar-refractivity contribution in [1.82, 2.24) is 0 Å². The van der Waals surface area contributed by atoms with Gasteiger partial charge in [0.1, 0.15) is 0 Å². The topological polar surface area (TPSA) is 23.1 Å². The zero-order valence-electron chi connectivity index (χ0n) is 8.27. The van der Waals surface area contributed by atoms with E-state index in [1.807, 2.05) is 13.8 Å². The van der Waals surface area contributed by atoms with Gasteiger partial charge in [0.2, 0.25) is 0 Å². The minimum atomic E-state index is 0. The van der Waals surface area contributed by atoms with Crippen LogP contribution >= 0.6 is 0 Å². The van der Waals surface area contributed by atoms with Crippen molar-refractivity contribution in [1.29, 1.82) is 0 Å². The first-order chi connectivity index (χ1) is 2.27. The van der Waals surface area contributed by atoms with Crippen LogP contribution < -0.4 is 24.0 Å². The third kappa shape index (κ3) is 19.2. The Hall–Kier alpha value is 1.09. The Labute approximate surface area is 72.3 Å². The molecule has 0 unspecified atom stereocenters. The number of hydrogen-bond donors (Lipinski definition) is 0. The van der Waals surface area contributed by atoms with E-state index in [1.54, 1.807) is 0 Å². The van der Waals surface area contributed by atoms with Crippen LogP contribution in [-0.4, -0.2) is 24.0 Å². The summed E-state index contributed by atoms with van der Waals surface area (Å²) in [5.41, 5.74) is 0. The van der Waals surface area contributed by atoms with Gasteiger partial charge in [-0.1, -0.05) is 19.8 Å². The van der Waals surface area contributed by atoms with Crippen LogP contribution in [0.4, 0.5) is 0 Å². The first-order valence-electron chi connectivity index (χ1n) is 1.85. The van der Waals surface area contributed by atoms with Crippen LogP contribution in [0.5, 0.6) is 0 Å². The minimum Gasteiger partial charge on any atom is -1.00 e. The molecule has 0 atom stereocenters. The molecule has 0 radical (unpaired) electrons. The molecule has 0 saturated heterocycles. The fourth-order valence-electron chi connectivity index (χ4n) is 0. The fraction of sp³-hybridized carbons (Fsp3) is 1.00. The second-order valence-electron chi connectivity index (χ2n) is 1.56. The maximum atomic E-state index is 9.63. The molecule has 3 heteroatoms. The van der Waals surface area contributed by atoms with Crippen molar-refractivity contribution >= 4 is 17.4 Å². The first kappa shape index (κ1) is 15.7. The molecule has 0 aliphatic carbocycles. The predicted molar refractivity (Wildman–Crippen MR) is 28.8 cm³/mol. The second kappa shape index (κ2) is 10.1. The molecule has 0 saturated carbocycles. The van der Waals surface area contributed by atoms with Crippen molar-refractivity contribution in [3.05, 3.63) is 0 Å². The monoisotopic (exact) mass is 110 g/mol. The van der Waals surface area contributed by atoms with E-state index in [4.69, 9.17) is 0 Å². The maximum absolute atomic E-state index is 9.63. The molecule has 0 aliphatic heterocycles. The SMILES string of the molecule is CC(C)C[O-].[Al+3].[H-].[H-].[H-].[Li+]. The molecule has 0 fully saturated rings. The zero-order chi connectivity index (χ0) is 4.28. The normalized spacial score (nSPS) is 6.86. The molecule has 0 aromatic rings. The number of rotatable bonds is 1. The Morgan fingerprint density at radius 3 is 1.71 bits per heavy atom. The molecular weight excluding hydrogens is 98.0 g/mol. The van der Waals surface area contributed by atoms with Crippen molar-refractivity contribution in [3.8, 4) is 0 Å². The van der Waals surface area contributed by atoms with Gasteiger partial charge in [0.15, 0.2) is 0 Å². The molecule has 0 heterocycles. The van der Waals surface area contributed by atoms with Gasteiger partial charge in [-0.2, -0.15) is 0 Å². The van der Waals surface area contributed by atoms with Crippen molar-refractivity contribution in [3.63, 3.8) is 0 Å². The molecule has 0 spiro atoms. The van der Waals surface area contributed by atoms with Crippen molar-refractivity contribution < 1.29 is 28.2 Å². The van der Waals surface area contributed by atoms with Gasteiger partial charge in [-0.25, -0.2) is 0 Å². The Bertz CT molecular complexity index is 34.5.